The number of nitrogens with one attached hydrogen (secondary N) is 1. The van der Waals surface area contributed by atoms with E-state index >= 15 is 0 Å². The van der Waals surface area contributed by atoms with Crippen molar-refractivity contribution < 1.29 is 24.3 Å². The number of nitrogens with zero attached hydrogens (tertiary/aromatic N) is 2. The second kappa shape index (κ2) is 7.92. The molecule has 0 bridgehead atoms. The molecule has 0 saturated carbocycles. The average molecular weight is 435 g/mol. The Morgan fingerprint density at radius 1 is 0.935 bits per heavy atom. The summed E-state index contributed by atoms with van der Waals surface area (Å²) in [6, 6.07) is 14.5. The number of amides is 4. The van der Waals surface area contributed by atoms with Crippen LogP contribution in [0.3, 0.4) is 0 Å². The van der Waals surface area contributed by atoms with Crippen molar-refractivity contribution in [2.75, 3.05) is 4.90 Å². The molecule has 0 unspecified atom stereocenters. The fourth-order valence-electron chi connectivity index (χ4n) is 3.13. The Hall–Kier alpha value is -4.17. The van der Waals surface area contributed by atoms with Crippen LogP contribution in [-0.4, -0.2) is 28.4 Å². The van der Waals surface area contributed by atoms with E-state index in [-0.39, 0.29) is 16.8 Å². The van der Waals surface area contributed by atoms with Gasteiger partial charge in [0.25, 0.3) is 11.8 Å². The van der Waals surface area contributed by atoms with E-state index in [2.05, 4.69) is 5.32 Å². The molecule has 0 radical (unpaired) electrons. The first-order valence-electron chi connectivity index (χ1n) is 9.01. The number of hydrogen-bond acceptors (Lipinski definition) is 5. The van der Waals surface area contributed by atoms with Crippen LogP contribution in [0, 0.1) is 0 Å². The number of aromatic nitrogens is 1. The van der Waals surface area contributed by atoms with Gasteiger partial charge in [-0.05, 0) is 60.2 Å². The minimum Gasteiger partial charge on any atom is -0.545 e. The Bertz CT molecular complexity index is 1240. The Morgan fingerprint density at radius 2 is 1.58 bits per heavy atom. The topological polar surface area (TPSA) is 112 Å². The fourth-order valence-corrected chi connectivity index (χ4v) is 3.26. The highest BCUT2D eigenvalue weighted by Crippen LogP contribution is 2.24. The number of carboxylic acids is 1. The predicted molar refractivity (Wildman–Crippen MR) is 111 cm³/mol. The first kappa shape index (κ1) is 20.1. The Balaban J connectivity index is 1.71. The maximum Gasteiger partial charge on any atom is 0.335 e. The van der Waals surface area contributed by atoms with Crippen molar-refractivity contribution in [1.29, 1.82) is 0 Å². The molecule has 0 aliphatic carbocycles. The normalized spacial score (nSPS) is 15.3. The van der Waals surface area contributed by atoms with Crippen molar-refractivity contribution in [3.63, 3.8) is 0 Å². The van der Waals surface area contributed by atoms with Gasteiger partial charge in [0.2, 0.25) is 0 Å². The third-order valence-corrected chi connectivity index (χ3v) is 4.89. The van der Waals surface area contributed by atoms with E-state index in [0.717, 1.165) is 4.90 Å². The van der Waals surface area contributed by atoms with Crippen LogP contribution < -0.4 is 15.3 Å². The standard InChI is InChI=1S/C22H14ClN3O5/c23-14-5-9-16(10-6-14)26-20(28)18(19(27)24-22(26)31)12-17-2-1-11-25(17)15-7-3-13(4-8-15)21(29)30/h1-12H,(H,29,30)(H,24,27,31)/p-1/b18-12+. The highest BCUT2D eigenvalue weighted by Gasteiger charge is 2.37. The van der Waals surface area contributed by atoms with E-state index in [9.17, 15) is 24.3 Å². The fraction of sp³-hybridized carbons (Fsp3) is 0. The number of carbonyl (C=O) groups is 4. The van der Waals surface area contributed by atoms with Crippen molar-refractivity contribution in [2.45, 2.75) is 0 Å². The molecule has 1 saturated heterocycles. The van der Waals surface area contributed by atoms with Crippen LogP contribution >= 0.6 is 11.6 Å². The smallest absolute Gasteiger partial charge is 0.335 e. The maximum atomic E-state index is 13.0. The molecule has 3 aromatic rings. The summed E-state index contributed by atoms with van der Waals surface area (Å²) in [5.74, 6) is -2.89. The predicted octanol–water partition coefficient (Wildman–Crippen LogP) is 2.16. The van der Waals surface area contributed by atoms with E-state index in [4.69, 9.17) is 11.6 Å². The van der Waals surface area contributed by atoms with Gasteiger partial charge in [-0.1, -0.05) is 23.7 Å². The third-order valence-electron chi connectivity index (χ3n) is 4.64. The van der Waals surface area contributed by atoms with Crippen LogP contribution in [0.25, 0.3) is 11.8 Å². The lowest BCUT2D eigenvalue weighted by molar-refractivity contribution is -0.255. The summed E-state index contributed by atoms with van der Waals surface area (Å²) in [7, 11) is 0. The van der Waals surface area contributed by atoms with Crippen molar-refractivity contribution in [1.82, 2.24) is 9.88 Å². The summed E-state index contributed by atoms with van der Waals surface area (Å²) in [5, 5.41) is 13.5. The number of anilines is 1. The lowest BCUT2D eigenvalue weighted by Gasteiger charge is -2.26. The van der Waals surface area contributed by atoms with Gasteiger partial charge in [-0.15, -0.1) is 0 Å². The van der Waals surface area contributed by atoms with Crippen LogP contribution in [0.4, 0.5) is 10.5 Å². The number of barbiturate groups is 1. The molecule has 1 fully saturated rings. The third kappa shape index (κ3) is 3.84. The monoisotopic (exact) mass is 434 g/mol. The lowest BCUT2D eigenvalue weighted by Crippen LogP contribution is -2.54. The molecule has 1 aliphatic rings. The first-order valence-corrected chi connectivity index (χ1v) is 9.39. The van der Waals surface area contributed by atoms with Crippen molar-refractivity contribution in [3.05, 3.63) is 88.7 Å². The second-order valence-electron chi connectivity index (χ2n) is 6.57. The number of halogens is 1. The highest BCUT2D eigenvalue weighted by molar-refractivity contribution is 6.39. The average Bonchev–Trinajstić information content (AvgIpc) is 3.20. The molecule has 31 heavy (non-hydrogen) atoms. The van der Waals surface area contributed by atoms with E-state index in [0.29, 0.717) is 16.4 Å². The number of carbonyl (C=O) groups excluding carboxylic acids is 4. The number of benzene rings is 2. The highest BCUT2D eigenvalue weighted by atomic mass is 35.5. The van der Waals surface area contributed by atoms with E-state index in [1.54, 1.807) is 35.0 Å². The second-order valence-corrected chi connectivity index (χ2v) is 7.01. The summed E-state index contributed by atoms with van der Waals surface area (Å²) >= 11 is 5.86. The molecule has 1 aromatic heterocycles. The van der Waals surface area contributed by atoms with Crippen LogP contribution in [0.2, 0.25) is 5.02 Å². The van der Waals surface area contributed by atoms with Gasteiger partial charge in [0.1, 0.15) is 5.57 Å². The molecule has 9 heteroatoms. The molecule has 2 aromatic carbocycles. The molecule has 154 valence electrons. The number of imide groups is 2. The molecule has 4 rings (SSSR count). The van der Waals surface area contributed by atoms with Crippen LogP contribution in [0.5, 0.6) is 0 Å². The SMILES string of the molecule is O=C1NC(=O)N(c2ccc(Cl)cc2)C(=O)/C1=C/c1cccn1-c1ccc(C(=O)[O-])cc1. The number of hydrogen-bond donors (Lipinski definition) is 1. The van der Waals surface area contributed by atoms with E-state index < -0.39 is 23.8 Å². The number of rotatable bonds is 4. The van der Waals surface area contributed by atoms with Crippen molar-refractivity contribution in [2.24, 2.45) is 0 Å². The number of aromatic carboxylic acids is 1. The Kier molecular flexibility index (Phi) is 5.14. The summed E-state index contributed by atoms with van der Waals surface area (Å²) in [4.78, 5) is 49.5. The molecule has 8 nitrogen and oxygen atoms in total. The molecular formula is C22H13ClN3O5-. The maximum absolute atomic E-state index is 13.0. The van der Waals surface area contributed by atoms with Gasteiger partial charge in [0.05, 0.1) is 11.7 Å². The van der Waals surface area contributed by atoms with Crippen LogP contribution in [-0.2, 0) is 9.59 Å². The quantitative estimate of drug-likeness (QED) is 0.499. The minimum absolute atomic E-state index is 0.0229. The van der Waals surface area contributed by atoms with Gasteiger partial charge in [-0.25, -0.2) is 9.69 Å². The molecule has 2 heterocycles. The van der Waals surface area contributed by atoms with Crippen molar-refractivity contribution >= 4 is 47.2 Å². The summed E-state index contributed by atoms with van der Waals surface area (Å²) in [6.07, 6.45) is 3.05. The molecular weight excluding hydrogens is 422 g/mol. The Labute approximate surface area is 181 Å². The largest absolute Gasteiger partial charge is 0.545 e. The molecule has 1 aliphatic heterocycles. The molecule has 4 amide bonds. The van der Waals surface area contributed by atoms with Gasteiger partial charge in [0, 0.05) is 22.6 Å². The van der Waals surface area contributed by atoms with Crippen LogP contribution in [0.1, 0.15) is 16.1 Å². The van der Waals surface area contributed by atoms with Gasteiger partial charge in [0.15, 0.2) is 0 Å². The van der Waals surface area contributed by atoms with E-state index in [1.165, 1.54) is 42.5 Å². The van der Waals surface area contributed by atoms with Crippen LogP contribution in [0.15, 0.2) is 72.4 Å². The zero-order valence-electron chi connectivity index (χ0n) is 15.7. The summed E-state index contributed by atoms with van der Waals surface area (Å²) < 4.78 is 1.66. The van der Waals surface area contributed by atoms with Gasteiger partial charge in [-0.3, -0.25) is 14.9 Å². The molecule has 0 spiro atoms. The summed E-state index contributed by atoms with van der Waals surface area (Å²) in [5.41, 5.74) is 1.13. The van der Waals surface area contributed by atoms with Gasteiger partial charge >= 0.3 is 6.03 Å². The number of carboxylic acid groups (broad SMARTS) is 1. The number of urea groups is 1. The Morgan fingerprint density at radius 3 is 2.23 bits per heavy atom. The van der Waals surface area contributed by atoms with Gasteiger partial charge in [-0.2, -0.15) is 0 Å². The van der Waals surface area contributed by atoms with Crippen molar-refractivity contribution in [3.8, 4) is 5.69 Å². The molecule has 0 atom stereocenters. The van der Waals surface area contributed by atoms with Gasteiger partial charge < -0.3 is 14.5 Å². The first-order chi connectivity index (χ1) is 14.8. The lowest BCUT2D eigenvalue weighted by atomic mass is 10.1. The minimum atomic E-state index is -1.29. The van der Waals surface area contributed by atoms with E-state index in [1.807, 2.05) is 0 Å². The zero-order valence-corrected chi connectivity index (χ0v) is 16.5. The summed E-state index contributed by atoms with van der Waals surface area (Å²) in [6.45, 7) is 0. The molecule has 1 N–H and O–H groups in total. The zero-order chi connectivity index (χ0) is 22.1.